The van der Waals surface area contributed by atoms with Gasteiger partial charge < -0.3 is 39.7 Å². The van der Waals surface area contributed by atoms with E-state index in [2.05, 4.69) is 0 Å². The fourth-order valence-corrected chi connectivity index (χ4v) is 0.714. The standard InChI is InChI=1S/C6H8O7.K.Na.H3O4P/c7-3(8)1-6(13,5(11)12)2-4(9)10;;;1-5(2,3)4/h13H,1-2H2,(H,7,8)(H,9,10)(H,11,12);;;(H3,1,2,3,4)/q;2*+1;/p-2. The Balaban J connectivity index is -0.000000158. The van der Waals surface area contributed by atoms with Crippen LogP contribution in [0.1, 0.15) is 12.8 Å². The number of carboxylic acids is 3. The SMILES string of the molecule is O=C(O)CC(O)(CC(=O)O)C(=O)O.O=P([O-])([O-])O.[K+].[Na+]. The van der Waals surface area contributed by atoms with E-state index in [4.69, 9.17) is 39.7 Å². The number of carboxylic acid groups (broad SMARTS) is 3. The van der Waals surface area contributed by atoms with Gasteiger partial charge in [-0.2, -0.15) is 0 Å². The second-order valence-corrected chi connectivity index (χ2v) is 3.88. The third-order valence-corrected chi connectivity index (χ3v) is 1.29. The van der Waals surface area contributed by atoms with Crippen LogP contribution < -0.4 is 90.7 Å². The van der Waals surface area contributed by atoms with Crippen molar-refractivity contribution >= 4 is 25.7 Å². The predicted octanol–water partition coefficient (Wildman–Crippen LogP) is -9.43. The van der Waals surface area contributed by atoms with Gasteiger partial charge in [-0.15, -0.1) is 0 Å². The van der Waals surface area contributed by atoms with Gasteiger partial charge >= 0.3 is 98.8 Å². The van der Waals surface area contributed by atoms with Crippen LogP contribution in [0.5, 0.6) is 0 Å². The summed E-state index contributed by atoms with van der Waals surface area (Å²) in [5, 5.41) is 33.8. The summed E-state index contributed by atoms with van der Waals surface area (Å²) in [6.07, 6.45) is -2.29. The number of hydrogen-bond donors (Lipinski definition) is 5. The summed E-state index contributed by atoms with van der Waals surface area (Å²) in [7, 11) is -5.14. The van der Waals surface area contributed by atoms with Gasteiger partial charge in [-0.3, -0.25) is 9.59 Å². The molecule has 0 aliphatic heterocycles. The molecule has 0 aromatic heterocycles. The first-order valence-electron chi connectivity index (χ1n) is 3.92. The minimum absolute atomic E-state index is 0. The van der Waals surface area contributed by atoms with E-state index in [9.17, 15) is 14.4 Å². The molecule has 0 fully saturated rings. The number of phosphoric acid groups is 1. The Morgan fingerprint density at radius 1 is 1.00 bits per heavy atom. The van der Waals surface area contributed by atoms with Crippen LogP contribution >= 0.6 is 7.82 Å². The van der Waals surface area contributed by atoms with E-state index < -0.39 is 44.2 Å². The smallest absolute Gasteiger partial charge is 0.790 e. The largest absolute Gasteiger partial charge is 1.00 e. The average molecular weight is 350 g/mol. The molecule has 0 aliphatic rings. The fourth-order valence-electron chi connectivity index (χ4n) is 0.714. The van der Waals surface area contributed by atoms with Crippen LogP contribution in [0.3, 0.4) is 0 Å². The summed E-state index contributed by atoms with van der Waals surface area (Å²) < 4.78 is 8.66. The van der Waals surface area contributed by atoms with Crippen LogP contribution in [0.4, 0.5) is 0 Å². The molecule has 0 spiro atoms. The van der Waals surface area contributed by atoms with E-state index in [-0.39, 0.29) is 80.9 Å². The average Bonchev–Trinajstić information content (AvgIpc) is 1.95. The molecular formula is C6H9KNaO11P. The molecule has 0 rings (SSSR count). The first kappa shape index (κ1) is 29.2. The van der Waals surface area contributed by atoms with Crippen LogP contribution in [0.15, 0.2) is 0 Å². The van der Waals surface area contributed by atoms with Gasteiger partial charge in [0, 0.05) is 0 Å². The summed E-state index contributed by atoms with van der Waals surface area (Å²) >= 11 is 0. The van der Waals surface area contributed by atoms with E-state index in [1.165, 1.54) is 0 Å². The quantitative estimate of drug-likeness (QED) is 0.232. The van der Waals surface area contributed by atoms with Crippen molar-refractivity contribution in [2.24, 2.45) is 0 Å². The maximum atomic E-state index is 10.3. The van der Waals surface area contributed by atoms with Crippen LogP contribution in [-0.4, -0.2) is 48.8 Å². The van der Waals surface area contributed by atoms with Gasteiger partial charge in [0.15, 0.2) is 5.60 Å². The molecule has 0 heterocycles. The molecule has 0 bridgehead atoms. The van der Waals surface area contributed by atoms with E-state index in [0.717, 1.165) is 0 Å². The second kappa shape index (κ2) is 12.6. The van der Waals surface area contributed by atoms with Crippen molar-refractivity contribution in [3.63, 3.8) is 0 Å². The summed E-state index contributed by atoms with van der Waals surface area (Å²) in [5.74, 6) is -5.02. The molecule has 5 N–H and O–H groups in total. The van der Waals surface area contributed by atoms with Crippen molar-refractivity contribution < 1.29 is 135 Å². The van der Waals surface area contributed by atoms with Gasteiger partial charge in [0.1, 0.15) is 0 Å². The zero-order valence-corrected chi connectivity index (χ0v) is 16.6. The van der Waals surface area contributed by atoms with Crippen molar-refractivity contribution in [1.29, 1.82) is 0 Å². The van der Waals surface area contributed by atoms with Gasteiger partial charge in [0.2, 0.25) is 0 Å². The topological polar surface area (TPSA) is 216 Å². The van der Waals surface area contributed by atoms with Gasteiger partial charge in [0.25, 0.3) is 0 Å². The molecule has 106 valence electrons. The van der Waals surface area contributed by atoms with Gasteiger partial charge in [-0.25, -0.2) is 4.79 Å². The number of aliphatic hydroxyl groups is 1. The summed E-state index contributed by atoms with van der Waals surface area (Å²) in [6, 6.07) is 0. The summed E-state index contributed by atoms with van der Waals surface area (Å²) in [5.41, 5.74) is -2.74. The van der Waals surface area contributed by atoms with Gasteiger partial charge in [-0.05, 0) is 0 Å². The Kier molecular flexibility index (Phi) is 18.4. The van der Waals surface area contributed by atoms with Gasteiger partial charge in [-0.1, -0.05) is 0 Å². The van der Waals surface area contributed by atoms with E-state index in [0.29, 0.717) is 0 Å². The molecule has 0 atom stereocenters. The minimum Gasteiger partial charge on any atom is -0.790 e. The molecule has 0 aromatic rings. The minimum atomic E-state index is -5.14. The Labute approximate surface area is 176 Å². The number of hydrogen-bond acceptors (Lipinski definition) is 7. The summed E-state index contributed by atoms with van der Waals surface area (Å²) in [6.45, 7) is 0. The van der Waals surface area contributed by atoms with Crippen molar-refractivity contribution in [2.75, 3.05) is 0 Å². The fraction of sp³-hybridized carbons (Fsp3) is 0.500. The van der Waals surface area contributed by atoms with Gasteiger partial charge in [0.05, 0.1) is 20.7 Å². The van der Waals surface area contributed by atoms with Crippen molar-refractivity contribution in [2.45, 2.75) is 18.4 Å². The molecule has 0 radical (unpaired) electrons. The first-order chi connectivity index (χ1) is 7.78. The number of aliphatic carboxylic acids is 3. The van der Waals surface area contributed by atoms with Crippen molar-refractivity contribution in [3.05, 3.63) is 0 Å². The Bertz CT molecular complexity index is 355. The normalized spacial score (nSPS) is 10.0. The zero-order chi connectivity index (χ0) is 15.1. The van der Waals surface area contributed by atoms with E-state index in [1.54, 1.807) is 0 Å². The monoisotopic (exact) mass is 350 g/mol. The van der Waals surface area contributed by atoms with E-state index >= 15 is 0 Å². The third kappa shape index (κ3) is 21.4. The van der Waals surface area contributed by atoms with Crippen molar-refractivity contribution in [1.82, 2.24) is 0 Å². The molecule has 14 heteroatoms. The van der Waals surface area contributed by atoms with Crippen LogP contribution in [0.2, 0.25) is 0 Å². The summed E-state index contributed by atoms with van der Waals surface area (Å²) in [4.78, 5) is 54.8. The van der Waals surface area contributed by atoms with Crippen LogP contribution in [-0.2, 0) is 18.9 Å². The molecule has 0 aliphatic carbocycles. The Hall–Kier alpha value is 1.12. The maximum absolute atomic E-state index is 10.3. The van der Waals surface area contributed by atoms with Crippen molar-refractivity contribution in [3.8, 4) is 0 Å². The number of carbonyl (C=O) groups is 3. The number of rotatable bonds is 5. The molecule has 20 heavy (non-hydrogen) atoms. The van der Waals surface area contributed by atoms with E-state index in [1.807, 2.05) is 0 Å². The van der Waals surface area contributed by atoms with Crippen LogP contribution in [0, 0.1) is 0 Å². The molecular weight excluding hydrogens is 341 g/mol. The first-order valence-corrected chi connectivity index (χ1v) is 5.41. The molecule has 11 nitrogen and oxygen atoms in total. The third-order valence-electron chi connectivity index (χ3n) is 1.29. The zero-order valence-electron chi connectivity index (χ0n) is 10.5. The predicted molar refractivity (Wildman–Crippen MR) is 46.9 cm³/mol. The van der Waals surface area contributed by atoms with Crippen LogP contribution in [0.25, 0.3) is 0 Å². The Morgan fingerprint density at radius 3 is 1.30 bits per heavy atom. The maximum Gasteiger partial charge on any atom is 1.00 e. The molecule has 0 amide bonds. The molecule has 0 aromatic carbocycles. The molecule has 0 saturated heterocycles. The second-order valence-electron chi connectivity index (χ2n) is 2.95. The molecule has 0 unspecified atom stereocenters. The molecule has 0 saturated carbocycles. The Morgan fingerprint density at radius 2 is 1.20 bits per heavy atom.